The SMILES string of the molecule is Cc1ccc2c(c1)C(C)(C)c1cccc(-c3nc(-c4ccccc4)c4ccccc4n3)c1-2. The van der Waals surface area contributed by atoms with E-state index < -0.39 is 0 Å². The van der Waals surface area contributed by atoms with Gasteiger partial charge >= 0.3 is 0 Å². The lowest BCUT2D eigenvalue weighted by molar-refractivity contribution is 0.660. The quantitative estimate of drug-likeness (QED) is 0.299. The van der Waals surface area contributed by atoms with Crippen LogP contribution in [0, 0.1) is 6.92 Å². The summed E-state index contributed by atoms with van der Waals surface area (Å²) >= 11 is 0. The second kappa shape index (κ2) is 6.86. The summed E-state index contributed by atoms with van der Waals surface area (Å²) in [6.45, 7) is 6.80. The topological polar surface area (TPSA) is 25.8 Å². The van der Waals surface area contributed by atoms with Gasteiger partial charge in [0.2, 0.25) is 0 Å². The van der Waals surface area contributed by atoms with Crippen LogP contribution < -0.4 is 0 Å². The predicted octanol–water partition coefficient (Wildman–Crippen LogP) is 7.58. The van der Waals surface area contributed by atoms with E-state index in [0.717, 1.165) is 33.5 Å². The normalized spacial score (nSPS) is 13.7. The minimum atomic E-state index is -0.0498. The van der Waals surface area contributed by atoms with Crippen molar-refractivity contribution in [2.75, 3.05) is 0 Å². The van der Waals surface area contributed by atoms with Crippen molar-refractivity contribution in [1.29, 1.82) is 0 Å². The number of hydrogen-bond donors (Lipinski definition) is 0. The standard InChI is InChI=1S/C30H24N2/c1-19-16-17-21-25(18-19)30(2,3)24-14-9-13-23(27(21)24)29-31-26-15-8-7-12-22(26)28(32-29)20-10-5-4-6-11-20/h4-18H,1-3H3. The molecule has 2 heteroatoms. The molecule has 2 nitrogen and oxygen atoms in total. The summed E-state index contributed by atoms with van der Waals surface area (Å²) in [6, 6.07) is 32.1. The smallest absolute Gasteiger partial charge is 0.161 e. The number of rotatable bonds is 2. The van der Waals surface area contributed by atoms with Crippen LogP contribution in [0.4, 0.5) is 0 Å². The number of aryl methyl sites for hydroxylation is 1. The van der Waals surface area contributed by atoms with E-state index in [0.29, 0.717) is 0 Å². The van der Waals surface area contributed by atoms with Gasteiger partial charge in [0.1, 0.15) is 0 Å². The largest absolute Gasteiger partial charge is 0.228 e. The second-order valence-electron chi connectivity index (χ2n) is 9.18. The molecular weight excluding hydrogens is 388 g/mol. The Hall–Kier alpha value is -3.78. The van der Waals surface area contributed by atoms with Crippen LogP contribution in [0.5, 0.6) is 0 Å². The molecule has 1 heterocycles. The van der Waals surface area contributed by atoms with Crippen molar-refractivity contribution in [2.45, 2.75) is 26.2 Å². The Balaban J connectivity index is 1.67. The lowest BCUT2D eigenvalue weighted by atomic mass is 9.82. The molecular formula is C30H24N2. The van der Waals surface area contributed by atoms with E-state index in [9.17, 15) is 0 Å². The molecule has 32 heavy (non-hydrogen) atoms. The van der Waals surface area contributed by atoms with E-state index in [-0.39, 0.29) is 5.41 Å². The van der Waals surface area contributed by atoms with Crippen LogP contribution in [-0.4, -0.2) is 9.97 Å². The summed E-state index contributed by atoms with van der Waals surface area (Å²) in [5.74, 6) is 0.781. The molecule has 154 valence electrons. The van der Waals surface area contributed by atoms with E-state index >= 15 is 0 Å². The minimum absolute atomic E-state index is 0.0498. The third kappa shape index (κ3) is 2.73. The molecule has 0 fully saturated rings. The molecule has 0 N–H and O–H groups in total. The Bertz CT molecular complexity index is 1500. The van der Waals surface area contributed by atoms with Gasteiger partial charge in [-0.05, 0) is 35.2 Å². The molecule has 5 aromatic rings. The zero-order valence-electron chi connectivity index (χ0n) is 18.6. The van der Waals surface area contributed by atoms with Crippen molar-refractivity contribution in [3.05, 3.63) is 108 Å². The fourth-order valence-electron chi connectivity index (χ4n) is 5.10. The zero-order valence-corrected chi connectivity index (χ0v) is 18.6. The minimum Gasteiger partial charge on any atom is -0.228 e. The fourth-order valence-corrected chi connectivity index (χ4v) is 5.10. The van der Waals surface area contributed by atoms with Crippen LogP contribution in [0.3, 0.4) is 0 Å². The maximum Gasteiger partial charge on any atom is 0.161 e. The highest BCUT2D eigenvalue weighted by atomic mass is 14.9. The van der Waals surface area contributed by atoms with Gasteiger partial charge in [0.25, 0.3) is 0 Å². The molecule has 4 aromatic carbocycles. The predicted molar refractivity (Wildman–Crippen MR) is 133 cm³/mol. The molecule has 1 aliphatic rings. The van der Waals surface area contributed by atoms with Crippen LogP contribution >= 0.6 is 0 Å². The number of benzene rings is 4. The fraction of sp³-hybridized carbons (Fsp3) is 0.133. The molecule has 0 spiro atoms. The third-order valence-electron chi connectivity index (χ3n) is 6.75. The summed E-state index contributed by atoms with van der Waals surface area (Å²) in [4.78, 5) is 10.2. The highest BCUT2D eigenvalue weighted by Crippen LogP contribution is 2.52. The Kier molecular flexibility index (Phi) is 4.06. The monoisotopic (exact) mass is 412 g/mol. The van der Waals surface area contributed by atoms with Crippen molar-refractivity contribution >= 4 is 10.9 Å². The first-order valence-electron chi connectivity index (χ1n) is 11.1. The average molecular weight is 413 g/mol. The molecule has 0 atom stereocenters. The Morgan fingerprint density at radius 3 is 2.28 bits per heavy atom. The molecule has 1 aliphatic carbocycles. The van der Waals surface area contributed by atoms with Crippen molar-refractivity contribution in [3.8, 4) is 33.8 Å². The lowest BCUT2D eigenvalue weighted by Gasteiger charge is -2.22. The summed E-state index contributed by atoms with van der Waals surface area (Å²) in [7, 11) is 0. The van der Waals surface area contributed by atoms with Crippen molar-refractivity contribution in [3.63, 3.8) is 0 Å². The number of nitrogens with zero attached hydrogens (tertiary/aromatic N) is 2. The van der Waals surface area contributed by atoms with Gasteiger partial charge in [-0.3, -0.25) is 0 Å². The second-order valence-corrected chi connectivity index (χ2v) is 9.18. The van der Waals surface area contributed by atoms with Gasteiger partial charge in [-0.15, -0.1) is 0 Å². The molecule has 0 bridgehead atoms. The molecule has 0 amide bonds. The highest BCUT2D eigenvalue weighted by molar-refractivity contribution is 5.96. The molecule has 0 radical (unpaired) electrons. The highest BCUT2D eigenvalue weighted by Gasteiger charge is 2.37. The first-order chi connectivity index (χ1) is 15.5. The van der Waals surface area contributed by atoms with Gasteiger partial charge in [0, 0.05) is 21.9 Å². The number of hydrogen-bond acceptors (Lipinski definition) is 2. The molecule has 0 unspecified atom stereocenters. The number of para-hydroxylation sites is 1. The van der Waals surface area contributed by atoms with Gasteiger partial charge in [-0.2, -0.15) is 0 Å². The van der Waals surface area contributed by atoms with Crippen molar-refractivity contribution in [2.24, 2.45) is 0 Å². The zero-order chi connectivity index (χ0) is 21.9. The Morgan fingerprint density at radius 2 is 1.44 bits per heavy atom. The van der Waals surface area contributed by atoms with E-state index in [1.54, 1.807) is 0 Å². The Morgan fingerprint density at radius 1 is 0.656 bits per heavy atom. The van der Waals surface area contributed by atoms with Crippen LogP contribution in [0.25, 0.3) is 44.7 Å². The molecule has 0 aliphatic heterocycles. The van der Waals surface area contributed by atoms with Gasteiger partial charge in [-0.1, -0.05) is 104 Å². The summed E-state index contributed by atoms with van der Waals surface area (Å²) in [5.41, 5.74) is 10.7. The average Bonchev–Trinajstić information content (AvgIpc) is 3.05. The molecule has 6 rings (SSSR count). The van der Waals surface area contributed by atoms with Crippen LogP contribution in [0.15, 0.2) is 91.0 Å². The Labute approximate surface area is 188 Å². The summed E-state index contributed by atoms with van der Waals surface area (Å²) < 4.78 is 0. The maximum atomic E-state index is 5.15. The van der Waals surface area contributed by atoms with Crippen LogP contribution in [0.2, 0.25) is 0 Å². The van der Waals surface area contributed by atoms with Crippen LogP contribution in [0.1, 0.15) is 30.5 Å². The lowest BCUT2D eigenvalue weighted by Crippen LogP contribution is -2.15. The van der Waals surface area contributed by atoms with E-state index in [4.69, 9.17) is 9.97 Å². The maximum absolute atomic E-state index is 5.15. The molecule has 0 saturated carbocycles. The van der Waals surface area contributed by atoms with Gasteiger partial charge in [0.05, 0.1) is 11.2 Å². The first kappa shape index (κ1) is 18.9. The van der Waals surface area contributed by atoms with E-state index in [1.165, 1.54) is 27.8 Å². The third-order valence-corrected chi connectivity index (χ3v) is 6.75. The molecule has 0 saturated heterocycles. The van der Waals surface area contributed by atoms with E-state index in [2.05, 4.69) is 99.6 Å². The summed E-state index contributed by atoms with van der Waals surface area (Å²) in [5, 5.41) is 1.08. The van der Waals surface area contributed by atoms with Gasteiger partial charge in [-0.25, -0.2) is 9.97 Å². The molecule has 1 aromatic heterocycles. The van der Waals surface area contributed by atoms with Crippen LogP contribution in [-0.2, 0) is 5.41 Å². The number of fused-ring (bicyclic) bond motifs is 4. The van der Waals surface area contributed by atoms with E-state index in [1.807, 2.05) is 12.1 Å². The van der Waals surface area contributed by atoms with Crippen molar-refractivity contribution in [1.82, 2.24) is 9.97 Å². The van der Waals surface area contributed by atoms with Crippen molar-refractivity contribution < 1.29 is 0 Å². The van der Waals surface area contributed by atoms with Gasteiger partial charge < -0.3 is 0 Å². The number of aromatic nitrogens is 2. The van der Waals surface area contributed by atoms with Gasteiger partial charge in [0.15, 0.2) is 5.82 Å². The first-order valence-corrected chi connectivity index (χ1v) is 11.1. The summed E-state index contributed by atoms with van der Waals surface area (Å²) in [6.07, 6.45) is 0.